The van der Waals surface area contributed by atoms with Crippen molar-refractivity contribution in [3.8, 4) is 0 Å². The highest BCUT2D eigenvalue weighted by Crippen LogP contribution is 2.08. The molecule has 5 nitrogen and oxygen atoms in total. The van der Waals surface area contributed by atoms with E-state index in [1.807, 2.05) is 53.3 Å². The molecule has 0 bridgehead atoms. The van der Waals surface area contributed by atoms with Crippen LogP contribution in [0.15, 0.2) is 67.5 Å². The van der Waals surface area contributed by atoms with Crippen molar-refractivity contribution < 1.29 is 0 Å². The van der Waals surface area contributed by atoms with Gasteiger partial charge in [-0.2, -0.15) is 5.10 Å². The summed E-state index contributed by atoms with van der Waals surface area (Å²) in [7, 11) is 0. The highest BCUT2D eigenvalue weighted by molar-refractivity contribution is 5.37. The normalized spacial score (nSPS) is 10.9. The number of rotatable bonds is 0. The molecule has 0 unspecified atom stereocenters. The van der Waals surface area contributed by atoms with Crippen molar-refractivity contribution >= 4 is 11.3 Å². The largest absolute Gasteiger partial charge is 0.309 e. The third-order valence-corrected chi connectivity index (χ3v) is 2.47. The fourth-order valence-corrected chi connectivity index (χ4v) is 1.63. The first-order chi connectivity index (χ1) is 12.9. The first kappa shape index (κ1) is 23.3. The second-order valence-corrected chi connectivity index (χ2v) is 9.65. The Morgan fingerprint density at radius 2 is 1.11 bits per heavy atom. The van der Waals surface area contributed by atoms with Crippen LogP contribution in [-0.4, -0.2) is 24.0 Å². The highest BCUT2D eigenvalue weighted by atomic mass is 15.2. The molecule has 4 aromatic rings. The zero-order valence-corrected chi connectivity index (χ0v) is 18.6. The Morgan fingerprint density at radius 3 is 1.64 bits per heavy atom. The molecule has 0 aliphatic rings. The fraction of sp³-hybridized carbons (Fsp3) is 0.435. The summed E-state index contributed by atoms with van der Waals surface area (Å²) in [6, 6.07) is 9.56. The second kappa shape index (κ2) is 10.6. The average Bonchev–Trinajstić information content (AvgIpc) is 3.21. The third-order valence-electron chi connectivity index (χ3n) is 2.47. The first-order valence-corrected chi connectivity index (χ1v) is 9.55. The maximum atomic E-state index is 4.10. The molecule has 0 N–H and O–H groups in total. The summed E-state index contributed by atoms with van der Waals surface area (Å²) in [5.41, 5.74) is 2.88. The van der Waals surface area contributed by atoms with Crippen molar-refractivity contribution in [2.24, 2.45) is 10.8 Å². The first-order valence-electron chi connectivity index (χ1n) is 9.55. The zero-order chi connectivity index (χ0) is 21.2. The summed E-state index contributed by atoms with van der Waals surface area (Å²) in [6.07, 6.45) is 11.1. The van der Waals surface area contributed by atoms with Crippen LogP contribution in [0, 0.1) is 10.8 Å². The average molecular weight is 382 g/mol. The molecule has 0 saturated carbocycles. The molecule has 0 aliphatic carbocycles. The maximum absolute atomic E-state index is 4.10. The van der Waals surface area contributed by atoms with Crippen LogP contribution in [-0.2, 0) is 0 Å². The summed E-state index contributed by atoms with van der Waals surface area (Å²) in [5.74, 6) is 0. The molecule has 0 aromatic carbocycles. The molecule has 4 rings (SSSR count). The molecular formula is C23H35N5. The molecule has 28 heavy (non-hydrogen) atoms. The Hall–Kier alpha value is -2.69. The Bertz CT molecular complexity index is 773. The number of fused-ring (bicyclic) bond motifs is 2. The minimum absolute atomic E-state index is 0.500. The summed E-state index contributed by atoms with van der Waals surface area (Å²) in [6.45, 7) is 17.5. The van der Waals surface area contributed by atoms with Crippen LogP contribution >= 0.6 is 0 Å². The Morgan fingerprint density at radius 1 is 0.607 bits per heavy atom. The van der Waals surface area contributed by atoms with Gasteiger partial charge in [-0.1, -0.05) is 55.4 Å². The van der Waals surface area contributed by atoms with Gasteiger partial charge in [0.2, 0.25) is 0 Å². The van der Waals surface area contributed by atoms with Crippen molar-refractivity contribution in [3.63, 3.8) is 0 Å². The van der Waals surface area contributed by atoms with Crippen molar-refractivity contribution in [2.45, 2.75) is 55.4 Å². The SMILES string of the molecule is CC(C)(C)C.CC(C)(C)C.c1cnc2cccn2c1.c1cnc2ccnn2c1. The molecule has 0 saturated heterocycles. The van der Waals surface area contributed by atoms with Gasteiger partial charge in [0.25, 0.3) is 0 Å². The van der Waals surface area contributed by atoms with E-state index in [0.29, 0.717) is 10.8 Å². The number of hydrogen-bond donors (Lipinski definition) is 0. The highest BCUT2D eigenvalue weighted by Gasteiger charge is 1.96. The molecule has 0 atom stereocenters. The monoisotopic (exact) mass is 381 g/mol. The van der Waals surface area contributed by atoms with Crippen LogP contribution in [0.1, 0.15) is 55.4 Å². The summed E-state index contributed by atoms with van der Waals surface area (Å²) < 4.78 is 3.69. The summed E-state index contributed by atoms with van der Waals surface area (Å²) in [4.78, 5) is 8.15. The number of hydrogen-bond acceptors (Lipinski definition) is 3. The van der Waals surface area contributed by atoms with Gasteiger partial charge in [-0.15, -0.1) is 0 Å². The molecule has 0 radical (unpaired) electrons. The van der Waals surface area contributed by atoms with Gasteiger partial charge >= 0.3 is 0 Å². The van der Waals surface area contributed by atoms with Crippen LogP contribution in [0.3, 0.4) is 0 Å². The quantitative estimate of drug-likeness (QED) is 0.366. The van der Waals surface area contributed by atoms with E-state index >= 15 is 0 Å². The van der Waals surface area contributed by atoms with Crippen LogP contribution in [0.2, 0.25) is 0 Å². The smallest absolute Gasteiger partial charge is 0.154 e. The van der Waals surface area contributed by atoms with Crippen LogP contribution in [0.25, 0.3) is 11.3 Å². The maximum Gasteiger partial charge on any atom is 0.154 e. The number of aromatic nitrogens is 5. The lowest BCUT2D eigenvalue weighted by atomic mass is 10.0. The number of nitrogens with zero attached hydrogens (tertiary/aromatic N) is 5. The van der Waals surface area contributed by atoms with Gasteiger partial charge in [-0.3, -0.25) is 0 Å². The molecule has 152 valence electrons. The Labute approximate surface area is 169 Å². The van der Waals surface area contributed by atoms with E-state index in [1.165, 1.54) is 0 Å². The van der Waals surface area contributed by atoms with E-state index in [4.69, 9.17) is 0 Å². The van der Waals surface area contributed by atoms with Gasteiger partial charge < -0.3 is 4.40 Å². The van der Waals surface area contributed by atoms with Gasteiger partial charge in [0.05, 0.1) is 6.20 Å². The Balaban J connectivity index is 0.000000196. The van der Waals surface area contributed by atoms with Gasteiger partial charge in [-0.05, 0) is 35.1 Å². The molecule has 5 heteroatoms. The summed E-state index contributed by atoms with van der Waals surface area (Å²) >= 11 is 0. The molecule has 4 aromatic heterocycles. The van der Waals surface area contributed by atoms with Gasteiger partial charge in [0, 0.05) is 37.1 Å². The molecule has 4 heterocycles. The van der Waals surface area contributed by atoms with E-state index < -0.39 is 0 Å². The lowest BCUT2D eigenvalue weighted by Crippen LogP contribution is -1.93. The van der Waals surface area contributed by atoms with Crippen molar-refractivity contribution in [1.29, 1.82) is 0 Å². The minimum atomic E-state index is 0.500. The van der Waals surface area contributed by atoms with Crippen LogP contribution < -0.4 is 0 Å². The molecule has 0 fully saturated rings. The van der Waals surface area contributed by atoms with E-state index in [0.717, 1.165) is 11.3 Å². The van der Waals surface area contributed by atoms with E-state index in [1.54, 1.807) is 23.1 Å². The van der Waals surface area contributed by atoms with Crippen LogP contribution in [0.4, 0.5) is 0 Å². The van der Waals surface area contributed by atoms with Crippen molar-refractivity contribution in [1.82, 2.24) is 24.0 Å². The standard InChI is InChI=1S/C7H6N2.C6H5N3.2C5H12/c1-3-7-8-4-2-6-9(7)5-1;1-3-7-6-2-4-8-9(6)5-1;2*1-5(2,3)4/h1-6H;1-5H;2*1-4H3. The molecular weight excluding hydrogens is 346 g/mol. The third kappa shape index (κ3) is 11.8. The lowest BCUT2D eigenvalue weighted by molar-refractivity contribution is 0.469. The topological polar surface area (TPSA) is 47.5 Å². The summed E-state index contributed by atoms with van der Waals surface area (Å²) in [5, 5.41) is 3.97. The fourth-order valence-electron chi connectivity index (χ4n) is 1.63. The van der Waals surface area contributed by atoms with Gasteiger partial charge in [-0.25, -0.2) is 14.5 Å². The lowest BCUT2D eigenvalue weighted by Gasteiger charge is -2.05. The van der Waals surface area contributed by atoms with Crippen molar-refractivity contribution in [3.05, 3.63) is 67.5 Å². The second-order valence-electron chi connectivity index (χ2n) is 9.65. The molecule has 0 spiro atoms. The van der Waals surface area contributed by atoms with Crippen molar-refractivity contribution in [2.75, 3.05) is 0 Å². The van der Waals surface area contributed by atoms with E-state index in [9.17, 15) is 0 Å². The zero-order valence-electron chi connectivity index (χ0n) is 18.6. The van der Waals surface area contributed by atoms with E-state index in [-0.39, 0.29) is 0 Å². The predicted molar refractivity (Wildman–Crippen MR) is 118 cm³/mol. The molecule has 0 aliphatic heterocycles. The van der Waals surface area contributed by atoms with E-state index in [2.05, 4.69) is 70.5 Å². The minimum Gasteiger partial charge on any atom is -0.309 e. The molecule has 0 amide bonds. The Kier molecular flexibility index (Phi) is 8.83. The van der Waals surface area contributed by atoms with Crippen LogP contribution in [0.5, 0.6) is 0 Å². The van der Waals surface area contributed by atoms with Gasteiger partial charge in [0.1, 0.15) is 5.65 Å². The van der Waals surface area contributed by atoms with Gasteiger partial charge in [0.15, 0.2) is 5.65 Å². The predicted octanol–water partition coefficient (Wildman–Crippen LogP) is 6.17.